The fourth-order valence-corrected chi connectivity index (χ4v) is 1.58. The molecule has 3 nitrogen and oxygen atoms in total. The summed E-state index contributed by atoms with van der Waals surface area (Å²) in [6, 6.07) is 9.20. The Labute approximate surface area is 103 Å². The number of rotatable bonds is 6. The van der Waals surface area contributed by atoms with Crippen LogP contribution in [-0.2, 0) is 4.79 Å². The first-order valence-corrected chi connectivity index (χ1v) is 5.72. The van der Waals surface area contributed by atoms with Gasteiger partial charge in [-0.05, 0) is 5.56 Å². The third kappa shape index (κ3) is 4.16. The minimum atomic E-state index is -0.820. The predicted octanol–water partition coefficient (Wildman–Crippen LogP) is 2.35. The highest BCUT2D eigenvalue weighted by Crippen LogP contribution is 2.14. The van der Waals surface area contributed by atoms with Crippen LogP contribution in [0.5, 0.6) is 0 Å². The van der Waals surface area contributed by atoms with Crippen molar-refractivity contribution in [3.05, 3.63) is 47.0 Å². The van der Waals surface area contributed by atoms with Crippen molar-refractivity contribution >= 4 is 21.9 Å². The molecule has 0 aliphatic rings. The van der Waals surface area contributed by atoms with E-state index in [1.807, 2.05) is 30.3 Å². The molecule has 0 aromatic heterocycles. The van der Waals surface area contributed by atoms with Crippen LogP contribution in [0.2, 0.25) is 0 Å². The van der Waals surface area contributed by atoms with Gasteiger partial charge < -0.3 is 10.4 Å². The number of benzene rings is 1. The molecule has 0 amide bonds. The molecule has 2 N–H and O–H groups in total. The number of carboxylic acids is 1. The molecule has 0 radical (unpaired) electrons. The zero-order valence-corrected chi connectivity index (χ0v) is 10.4. The van der Waals surface area contributed by atoms with Crippen molar-refractivity contribution in [3.8, 4) is 0 Å². The van der Waals surface area contributed by atoms with Crippen molar-refractivity contribution < 1.29 is 9.90 Å². The summed E-state index contributed by atoms with van der Waals surface area (Å²) in [6.07, 6.45) is 0. The first kappa shape index (κ1) is 12.9. The summed E-state index contributed by atoms with van der Waals surface area (Å²) in [5.41, 5.74) is 0.808. The Hall–Kier alpha value is -1.13. The monoisotopic (exact) mass is 283 g/mol. The number of carboxylic acid groups (broad SMARTS) is 1. The van der Waals surface area contributed by atoms with Crippen molar-refractivity contribution in [1.29, 1.82) is 0 Å². The Morgan fingerprint density at radius 1 is 1.44 bits per heavy atom. The van der Waals surface area contributed by atoms with Crippen LogP contribution >= 0.6 is 15.9 Å². The minimum Gasteiger partial charge on any atom is -0.481 e. The van der Waals surface area contributed by atoms with E-state index in [-0.39, 0.29) is 0 Å². The molecular formula is C12H14BrNO2. The van der Waals surface area contributed by atoms with Gasteiger partial charge in [-0.3, -0.25) is 4.79 Å². The zero-order chi connectivity index (χ0) is 12.0. The van der Waals surface area contributed by atoms with Crippen molar-refractivity contribution in [2.45, 2.75) is 5.92 Å². The lowest BCUT2D eigenvalue weighted by Gasteiger charge is -2.13. The Morgan fingerprint density at radius 3 is 2.56 bits per heavy atom. The van der Waals surface area contributed by atoms with Crippen molar-refractivity contribution in [3.63, 3.8) is 0 Å². The van der Waals surface area contributed by atoms with Gasteiger partial charge >= 0.3 is 5.97 Å². The van der Waals surface area contributed by atoms with Crippen molar-refractivity contribution in [2.24, 2.45) is 0 Å². The standard InChI is InChI=1S/C12H14BrNO2/c1-9(13)7-14-8-11(12(15)16)10-5-3-2-4-6-10/h2-6,11,14H,1,7-8H2,(H,15,16). The second-order valence-corrected chi connectivity index (χ2v) is 4.57. The van der Waals surface area contributed by atoms with Crippen LogP contribution in [0.25, 0.3) is 0 Å². The number of nitrogens with one attached hydrogen (secondary N) is 1. The molecule has 0 bridgehead atoms. The summed E-state index contributed by atoms with van der Waals surface area (Å²) in [6.45, 7) is 4.64. The Balaban J connectivity index is 2.62. The lowest BCUT2D eigenvalue weighted by Crippen LogP contribution is -2.27. The van der Waals surface area contributed by atoms with Crippen LogP contribution in [0.15, 0.2) is 41.4 Å². The van der Waals surface area contributed by atoms with Crippen LogP contribution in [-0.4, -0.2) is 24.2 Å². The first-order valence-electron chi connectivity index (χ1n) is 4.93. The van der Waals surface area contributed by atoms with E-state index in [1.165, 1.54) is 0 Å². The molecular weight excluding hydrogens is 270 g/mol. The summed E-state index contributed by atoms with van der Waals surface area (Å²) in [4.78, 5) is 11.1. The SMILES string of the molecule is C=C(Br)CNCC(C(=O)O)c1ccccc1. The molecule has 0 spiro atoms. The first-order chi connectivity index (χ1) is 7.61. The van der Waals surface area contributed by atoms with Crippen molar-refractivity contribution in [1.82, 2.24) is 5.32 Å². The summed E-state index contributed by atoms with van der Waals surface area (Å²) in [5, 5.41) is 12.2. The number of aliphatic carboxylic acids is 1. The van der Waals surface area contributed by atoms with Gasteiger partial charge in [-0.15, -0.1) is 0 Å². The fourth-order valence-electron chi connectivity index (χ4n) is 1.39. The number of hydrogen-bond donors (Lipinski definition) is 2. The van der Waals surface area contributed by atoms with Gasteiger partial charge in [0, 0.05) is 17.6 Å². The highest BCUT2D eigenvalue weighted by atomic mass is 79.9. The lowest BCUT2D eigenvalue weighted by molar-refractivity contribution is -0.138. The summed E-state index contributed by atoms with van der Waals surface area (Å²) in [5.74, 6) is -1.34. The second kappa shape index (κ2) is 6.45. The van der Waals surface area contributed by atoms with E-state index in [2.05, 4.69) is 27.8 Å². The molecule has 1 unspecified atom stereocenters. The topological polar surface area (TPSA) is 49.3 Å². The van der Waals surface area contributed by atoms with Gasteiger partial charge in [0.05, 0.1) is 5.92 Å². The van der Waals surface area contributed by atoms with Gasteiger partial charge in [-0.25, -0.2) is 0 Å². The van der Waals surface area contributed by atoms with Gasteiger partial charge in [0.1, 0.15) is 0 Å². The van der Waals surface area contributed by atoms with Gasteiger partial charge in [0.25, 0.3) is 0 Å². The van der Waals surface area contributed by atoms with E-state index >= 15 is 0 Å². The van der Waals surface area contributed by atoms with Gasteiger partial charge in [0.15, 0.2) is 0 Å². The molecule has 1 rings (SSSR count). The maximum Gasteiger partial charge on any atom is 0.312 e. The quantitative estimate of drug-likeness (QED) is 0.843. The second-order valence-electron chi connectivity index (χ2n) is 3.45. The van der Waals surface area contributed by atoms with E-state index < -0.39 is 11.9 Å². The van der Waals surface area contributed by atoms with E-state index in [1.54, 1.807) is 0 Å². The fraction of sp³-hybridized carbons (Fsp3) is 0.250. The van der Waals surface area contributed by atoms with Gasteiger partial charge in [-0.2, -0.15) is 0 Å². The molecule has 1 aromatic carbocycles. The maximum absolute atomic E-state index is 11.1. The molecule has 86 valence electrons. The summed E-state index contributed by atoms with van der Waals surface area (Å²) < 4.78 is 0.810. The number of hydrogen-bond acceptors (Lipinski definition) is 2. The van der Waals surface area contributed by atoms with Crippen LogP contribution in [0.3, 0.4) is 0 Å². The molecule has 0 aliphatic carbocycles. The number of halogens is 1. The summed E-state index contributed by atoms with van der Waals surface area (Å²) in [7, 11) is 0. The van der Waals surface area contributed by atoms with E-state index in [0.29, 0.717) is 13.1 Å². The van der Waals surface area contributed by atoms with E-state index in [9.17, 15) is 4.79 Å². The molecule has 16 heavy (non-hydrogen) atoms. The Bertz CT molecular complexity index is 365. The predicted molar refractivity (Wildman–Crippen MR) is 67.8 cm³/mol. The maximum atomic E-state index is 11.1. The third-order valence-electron chi connectivity index (χ3n) is 2.17. The average molecular weight is 284 g/mol. The van der Waals surface area contributed by atoms with E-state index in [4.69, 9.17) is 5.11 Å². The van der Waals surface area contributed by atoms with Crippen LogP contribution < -0.4 is 5.32 Å². The minimum absolute atomic E-state index is 0.393. The lowest BCUT2D eigenvalue weighted by atomic mass is 9.99. The van der Waals surface area contributed by atoms with Gasteiger partial charge in [-0.1, -0.05) is 52.8 Å². The average Bonchev–Trinajstić information content (AvgIpc) is 2.25. The van der Waals surface area contributed by atoms with Crippen molar-refractivity contribution in [2.75, 3.05) is 13.1 Å². The molecule has 0 saturated heterocycles. The molecule has 0 fully saturated rings. The number of carbonyl (C=O) groups is 1. The molecule has 0 saturated carbocycles. The highest BCUT2D eigenvalue weighted by molar-refractivity contribution is 9.11. The van der Waals surface area contributed by atoms with E-state index in [0.717, 1.165) is 10.0 Å². The largest absolute Gasteiger partial charge is 0.481 e. The molecule has 1 atom stereocenters. The zero-order valence-electron chi connectivity index (χ0n) is 8.82. The molecule has 0 heterocycles. The molecule has 4 heteroatoms. The normalized spacial score (nSPS) is 12.1. The van der Waals surface area contributed by atoms with Crippen LogP contribution in [0, 0.1) is 0 Å². The molecule has 1 aromatic rings. The smallest absolute Gasteiger partial charge is 0.312 e. The molecule has 0 aliphatic heterocycles. The Morgan fingerprint density at radius 2 is 2.06 bits per heavy atom. The third-order valence-corrected chi connectivity index (χ3v) is 2.45. The van der Waals surface area contributed by atoms with Crippen LogP contribution in [0.1, 0.15) is 11.5 Å². The van der Waals surface area contributed by atoms with Crippen LogP contribution in [0.4, 0.5) is 0 Å². The summed E-state index contributed by atoms with van der Waals surface area (Å²) >= 11 is 3.21. The Kier molecular flexibility index (Phi) is 5.22. The van der Waals surface area contributed by atoms with Gasteiger partial charge in [0.2, 0.25) is 0 Å². The highest BCUT2D eigenvalue weighted by Gasteiger charge is 2.18.